The highest BCUT2D eigenvalue weighted by Gasteiger charge is 2.48. The van der Waals surface area contributed by atoms with Crippen LogP contribution in [0.2, 0.25) is 0 Å². The minimum atomic E-state index is 0.161. The Morgan fingerprint density at radius 1 is 1.29 bits per heavy atom. The molecule has 1 heterocycles. The van der Waals surface area contributed by atoms with E-state index in [4.69, 9.17) is 0 Å². The second-order valence-electron chi connectivity index (χ2n) is 4.45. The van der Waals surface area contributed by atoms with Gasteiger partial charge in [0.15, 0.2) is 0 Å². The van der Waals surface area contributed by atoms with Crippen LogP contribution in [0.1, 0.15) is 32.8 Å². The Kier molecular flexibility index (Phi) is 2.29. The van der Waals surface area contributed by atoms with Gasteiger partial charge in [-0.2, -0.15) is 0 Å². The van der Waals surface area contributed by atoms with Crippen molar-refractivity contribution in [2.75, 3.05) is 5.32 Å². The predicted molar refractivity (Wildman–Crippen MR) is 70.1 cm³/mol. The summed E-state index contributed by atoms with van der Waals surface area (Å²) in [6, 6.07) is 8.63. The fraction of sp³-hybridized carbons (Fsp3) is 0.500. The molecule has 1 unspecified atom stereocenters. The van der Waals surface area contributed by atoms with Crippen molar-refractivity contribution in [3.63, 3.8) is 0 Å². The molecule has 76 valence electrons. The lowest BCUT2D eigenvalue weighted by molar-refractivity contribution is 0.432. The summed E-state index contributed by atoms with van der Waals surface area (Å²) in [5.74, 6) is 0. The van der Waals surface area contributed by atoms with Gasteiger partial charge >= 0.3 is 0 Å². The van der Waals surface area contributed by atoms with Crippen LogP contribution in [-0.4, -0.2) is 3.55 Å². The molecule has 1 N–H and O–H groups in total. The Hall–Kier alpha value is -0.250. The third kappa shape index (κ3) is 1.19. The normalized spacial score (nSPS) is 28.3. The Balaban J connectivity index is 2.56. The van der Waals surface area contributed by atoms with E-state index >= 15 is 0 Å². The van der Waals surface area contributed by atoms with E-state index < -0.39 is 0 Å². The largest absolute Gasteiger partial charge is 0.370 e. The van der Waals surface area contributed by atoms with Crippen molar-refractivity contribution in [2.24, 2.45) is 0 Å². The standard InChI is InChI=1S/C12H16IN/c1-4-12(13)11(2,3)9-7-5-6-8-10(9)14-12/h5-8,14H,4H2,1-3H3. The average molecular weight is 301 g/mol. The van der Waals surface area contributed by atoms with Crippen LogP contribution in [0.15, 0.2) is 24.3 Å². The second-order valence-corrected chi connectivity index (χ2v) is 6.29. The van der Waals surface area contributed by atoms with Gasteiger partial charge in [-0.3, -0.25) is 0 Å². The predicted octanol–water partition coefficient (Wildman–Crippen LogP) is 3.93. The van der Waals surface area contributed by atoms with Gasteiger partial charge in [0.05, 0.1) is 3.55 Å². The van der Waals surface area contributed by atoms with Crippen LogP contribution in [0.5, 0.6) is 0 Å². The van der Waals surface area contributed by atoms with Gasteiger partial charge in [0.1, 0.15) is 0 Å². The van der Waals surface area contributed by atoms with E-state index in [1.165, 1.54) is 11.3 Å². The van der Waals surface area contributed by atoms with Crippen LogP contribution >= 0.6 is 22.6 Å². The smallest absolute Gasteiger partial charge is 0.0981 e. The number of halogens is 1. The summed E-state index contributed by atoms with van der Waals surface area (Å²) in [7, 11) is 0. The molecule has 0 aromatic heterocycles. The van der Waals surface area contributed by atoms with Crippen LogP contribution in [0.25, 0.3) is 0 Å². The number of nitrogens with one attached hydrogen (secondary N) is 1. The number of para-hydroxylation sites is 1. The molecule has 1 aromatic rings. The molecule has 1 aliphatic rings. The zero-order chi connectivity index (χ0) is 10.4. The first-order valence-electron chi connectivity index (χ1n) is 5.08. The van der Waals surface area contributed by atoms with E-state index in [1.807, 2.05) is 0 Å². The number of hydrogen-bond donors (Lipinski definition) is 1. The Morgan fingerprint density at radius 2 is 1.93 bits per heavy atom. The van der Waals surface area contributed by atoms with Gasteiger partial charge in [0, 0.05) is 11.1 Å². The molecule has 0 spiro atoms. The maximum absolute atomic E-state index is 3.64. The minimum Gasteiger partial charge on any atom is -0.370 e. The van der Waals surface area contributed by atoms with Crippen molar-refractivity contribution in [2.45, 2.75) is 36.2 Å². The van der Waals surface area contributed by atoms with Gasteiger partial charge in [-0.1, -0.05) is 61.6 Å². The Morgan fingerprint density at radius 3 is 2.50 bits per heavy atom. The molecule has 1 aliphatic heterocycles. The van der Waals surface area contributed by atoms with Gasteiger partial charge < -0.3 is 5.32 Å². The Labute approximate surface area is 99.4 Å². The van der Waals surface area contributed by atoms with E-state index in [9.17, 15) is 0 Å². The van der Waals surface area contributed by atoms with Crippen molar-refractivity contribution in [3.05, 3.63) is 29.8 Å². The number of benzene rings is 1. The molecule has 0 saturated carbocycles. The number of rotatable bonds is 1. The molecule has 0 amide bonds. The maximum atomic E-state index is 3.64. The third-order valence-corrected chi connectivity index (χ3v) is 5.79. The van der Waals surface area contributed by atoms with Crippen LogP contribution in [-0.2, 0) is 5.41 Å². The summed E-state index contributed by atoms with van der Waals surface area (Å²) in [6.07, 6.45) is 1.13. The molecule has 0 bridgehead atoms. The van der Waals surface area contributed by atoms with Gasteiger partial charge in [-0.25, -0.2) is 0 Å². The second kappa shape index (κ2) is 3.12. The number of alkyl halides is 1. The van der Waals surface area contributed by atoms with Gasteiger partial charge in [0.25, 0.3) is 0 Å². The number of anilines is 1. The van der Waals surface area contributed by atoms with Crippen LogP contribution in [0.4, 0.5) is 5.69 Å². The zero-order valence-corrected chi connectivity index (χ0v) is 11.1. The summed E-state index contributed by atoms with van der Waals surface area (Å²) in [5.41, 5.74) is 2.95. The summed E-state index contributed by atoms with van der Waals surface area (Å²) >= 11 is 2.56. The maximum Gasteiger partial charge on any atom is 0.0981 e. The Bertz CT molecular complexity index is 359. The molecule has 0 fully saturated rings. The summed E-state index contributed by atoms with van der Waals surface area (Å²) in [6.45, 7) is 6.89. The summed E-state index contributed by atoms with van der Waals surface area (Å²) < 4.78 is 0.161. The lowest BCUT2D eigenvalue weighted by Gasteiger charge is -2.36. The molecule has 0 saturated heterocycles. The van der Waals surface area contributed by atoms with Crippen LogP contribution in [0.3, 0.4) is 0 Å². The lowest BCUT2D eigenvalue weighted by Crippen LogP contribution is -2.42. The van der Waals surface area contributed by atoms with Crippen molar-refractivity contribution < 1.29 is 0 Å². The summed E-state index contributed by atoms with van der Waals surface area (Å²) in [4.78, 5) is 0. The molecule has 2 rings (SSSR count). The number of hydrogen-bond acceptors (Lipinski definition) is 1. The first-order valence-corrected chi connectivity index (χ1v) is 6.16. The quantitative estimate of drug-likeness (QED) is 0.471. The highest BCUT2D eigenvalue weighted by atomic mass is 127. The number of fused-ring (bicyclic) bond motifs is 1. The molecule has 1 nitrogen and oxygen atoms in total. The average Bonchev–Trinajstić information content (AvgIpc) is 2.37. The van der Waals surface area contributed by atoms with Crippen LogP contribution in [0, 0.1) is 0 Å². The van der Waals surface area contributed by atoms with Crippen molar-refractivity contribution in [3.8, 4) is 0 Å². The topological polar surface area (TPSA) is 12.0 Å². The van der Waals surface area contributed by atoms with Gasteiger partial charge in [-0.05, 0) is 18.1 Å². The monoisotopic (exact) mass is 301 g/mol. The molecular weight excluding hydrogens is 285 g/mol. The molecule has 1 aromatic carbocycles. The zero-order valence-electron chi connectivity index (χ0n) is 8.89. The third-order valence-electron chi connectivity index (χ3n) is 3.41. The first-order chi connectivity index (χ1) is 6.51. The minimum absolute atomic E-state index is 0.161. The lowest BCUT2D eigenvalue weighted by atomic mass is 9.79. The van der Waals surface area contributed by atoms with E-state index in [1.54, 1.807) is 0 Å². The van der Waals surface area contributed by atoms with Crippen molar-refractivity contribution in [1.29, 1.82) is 0 Å². The molecule has 0 aliphatic carbocycles. The molecule has 2 heteroatoms. The fourth-order valence-electron chi connectivity index (χ4n) is 2.25. The van der Waals surface area contributed by atoms with E-state index in [0.717, 1.165) is 6.42 Å². The van der Waals surface area contributed by atoms with E-state index in [-0.39, 0.29) is 8.96 Å². The SMILES string of the molecule is CCC1(I)Nc2ccccc2C1(C)C. The van der Waals surface area contributed by atoms with Gasteiger partial charge in [0.2, 0.25) is 0 Å². The van der Waals surface area contributed by atoms with Crippen LogP contribution < -0.4 is 5.32 Å². The summed E-state index contributed by atoms with van der Waals surface area (Å²) in [5, 5.41) is 3.64. The van der Waals surface area contributed by atoms with E-state index in [2.05, 4.69) is 72.9 Å². The molecule has 0 radical (unpaired) electrons. The molecule has 14 heavy (non-hydrogen) atoms. The van der Waals surface area contributed by atoms with Gasteiger partial charge in [-0.15, -0.1) is 0 Å². The first kappa shape index (κ1) is 10.3. The fourth-order valence-corrected chi connectivity index (χ4v) is 2.83. The van der Waals surface area contributed by atoms with E-state index in [0.29, 0.717) is 0 Å². The highest BCUT2D eigenvalue weighted by Crippen LogP contribution is 2.52. The van der Waals surface area contributed by atoms with Crippen molar-refractivity contribution >= 4 is 28.3 Å². The molecular formula is C12H16IN. The molecule has 1 atom stereocenters. The highest BCUT2D eigenvalue weighted by molar-refractivity contribution is 14.1. The van der Waals surface area contributed by atoms with Crippen molar-refractivity contribution in [1.82, 2.24) is 0 Å².